The van der Waals surface area contributed by atoms with Crippen LogP contribution in [-0.4, -0.2) is 32.0 Å². The summed E-state index contributed by atoms with van der Waals surface area (Å²) in [7, 11) is 1.76. The highest BCUT2D eigenvalue weighted by molar-refractivity contribution is 4.93. The van der Waals surface area contributed by atoms with Crippen LogP contribution in [0.4, 0.5) is 0 Å². The second kappa shape index (κ2) is 6.85. The van der Waals surface area contributed by atoms with Gasteiger partial charge in [-0.2, -0.15) is 0 Å². The third-order valence-corrected chi connectivity index (χ3v) is 4.69. The van der Waals surface area contributed by atoms with Gasteiger partial charge in [-0.05, 0) is 44.4 Å². The molecule has 0 radical (unpaired) electrons. The lowest BCUT2D eigenvalue weighted by Crippen LogP contribution is -2.48. The SMILES string of the molecule is COCCCC(NN)C1CCOC2(CCCC2)C1. The first-order valence-electron chi connectivity index (χ1n) is 7.39. The first-order valence-corrected chi connectivity index (χ1v) is 7.39. The van der Waals surface area contributed by atoms with Crippen molar-refractivity contribution in [1.29, 1.82) is 0 Å². The fourth-order valence-electron chi connectivity index (χ4n) is 3.68. The van der Waals surface area contributed by atoms with Crippen LogP contribution in [0.1, 0.15) is 51.4 Å². The Kier molecular flexibility index (Phi) is 5.42. The molecule has 0 aromatic carbocycles. The van der Waals surface area contributed by atoms with Crippen molar-refractivity contribution >= 4 is 0 Å². The summed E-state index contributed by atoms with van der Waals surface area (Å²) in [4.78, 5) is 0. The van der Waals surface area contributed by atoms with Crippen LogP contribution in [-0.2, 0) is 9.47 Å². The van der Waals surface area contributed by atoms with Gasteiger partial charge in [0.15, 0.2) is 0 Å². The topological polar surface area (TPSA) is 56.5 Å². The maximum absolute atomic E-state index is 6.08. The van der Waals surface area contributed by atoms with Crippen LogP contribution in [0.3, 0.4) is 0 Å². The Morgan fingerprint density at radius 1 is 1.44 bits per heavy atom. The van der Waals surface area contributed by atoms with Gasteiger partial charge >= 0.3 is 0 Å². The van der Waals surface area contributed by atoms with Crippen molar-refractivity contribution < 1.29 is 9.47 Å². The first kappa shape index (κ1) is 14.3. The smallest absolute Gasteiger partial charge is 0.0685 e. The lowest BCUT2D eigenvalue weighted by Gasteiger charge is -2.41. The zero-order valence-electron chi connectivity index (χ0n) is 11.6. The van der Waals surface area contributed by atoms with Crippen molar-refractivity contribution in [1.82, 2.24) is 5.43 Å². The Labute approximate surface area is 111 Å². The molecule has 106 valence electrons. The monoisotopic (exact) mass is 256 g/mol. The molecule has 2 atom stereocenters. The van der Waals surface area contributed by atoms with Crippen molar-refractivity contribution in [3.05, 3.63) is 0 Å². The molecule has 4 heteroatoms. The summed E-state index contributed by atoms with van der Waals surface area (Å²) in [6, 6.07) is 0.418. The summed E-state index contributed by atoms with van der Waals surface area (Å²) in [5.74, 6) is 6.41. The van der Waals surface area contributed by atoms with Crippen molar-refractivity contribution in [2.75, 3.05) is 20.3 Å². The second-order valence-corrected chi connectivity index (χ2v) is 5.90. The van der Waals surface area contributed by atoms with Crippen LogP contribution < -0.4 is 11.3 Å². The minimum absolute atomic E-state index is 0.194. The van der Waals surface area contributed by atoms with Gasteiger partial charge in [-0.1, -0.05) is 12.8 Å². The van der Waals surface area contributed by atoms with Gasteiger partial charge in [-0.3, -0.25) is 11.3 Å². The van der Waals surface area contributed by atoms with E-state index in [2.05, 4.69) is 5.43 Å². The number of nitrogens with two attached hydrogens (primary N) is 1. The van der Waals surface area contributed by atoms with E-state index in [1.165, 1.54) is 32.1 Å². The lowest BCUT2D eigenvalue weighted by atomic mass is 9.79. The molecule has 0 aromatic rings. The summed E-state index contributed by atoms with van der Waals surface area (Å²) in [5.41, 5.74) is 3.22. The van der Waals surface area contributed by atoms with Gasteiger partial charge in [0, 0.05) is 26.4 Å². The molecule has 1 aliphatic carbocycles. The van der Waals surface area contributed by atoms with Gasteiger partial charge in [0.1, 0.15) is 0 Å². The van der Waals surface area contributed by atoms with Crippen molar-refractivity contribution in [3.8, 4) is 0 Å². The molecular formula is C14H28N2O2. The van der Waals surface area contributed by atoms with Gasteiger partial charge in [0.2, 0.25) is 0 Å². The number of ether oxygens (including phenoxy) is 2. The van der Waals surface area contributed by atoms with Crippen LogP contribution in [0.25, 0.3) is 0 Å². The summed E-state index contributed by atoms with van der Waals surface area (Å²) in [6.45, 7) is 1.74. The number of hydrogen-bond acceptors (Lipinski definition) is 4. The highest BCUT2D eigenvalue weighted by Gasteiger charge is 2.41. The van der Waals surface area contributed by atoms with Gasteiger partial charge in [0.05, 0.1) is 5.60 Å². The van der Waals surface area contributed by atoms with Gasteiger partial charge in [-0.25, -0.2) is 0 Å². The van der Waals surface area contributed by atoms with E-state index in [4.69, 9.17) is 15.3 Å². The Hall–Kier alpha value is -0.160. The third-order valence-electron chi connectivity index (χ3n) is 4.69. The van der Waals surface area contributed by atoms with Crippen LogP contribution in [0.2, 0.25) is 0 Å². The van der Waals surface area contributed by atoms with E-state index in [-0.39, 0.29) is 5.60 Å². The van der Waals surface area contributed by atoms with Crippen molar-refractivity contribution in [2.45, 2.75) is 63.0 Å². The Morgan fingerprint density at radius 2 is 2.22 bits per heavy atom. The second-order valence-electron chi connectivity index (χ2n) is 5.90. The largest absolute Gasteiger partial charge is 0.385 e. The van der Waals surface area contributed by atoms with Gasteiger partial charge in [-0.15, -0.1) is 0 Å². The fourth-order valence-corrected chi connectivity index (χ4v) is 3.68. The van der Waals surface area contributed by atoms with Gasteiger partial charge < -0.3 is 9.47 Å². The molecule has 1 saturated heterocycles. The van der Waals surface area contributed by atoms with E-state index in [1.807, 2.05) is 0 Å². The van der Waals surface area contributed by atoms with E-state index >= 15 is 0 Å². The molecule has 0 aromatic heterocycles. The molecule has 2 rings (SSSR count). The summed E-state index contributed by atoms with van der Waals surface area (Å²) in [6.07, 6.45) is 9.67. The Morgan fingerprint density at radius 3 is 2.89 bits per heavy atom. The third kappa shape index (κ3) is 3.44. The van der Waals surface area contributed by atoms with E-state index in [9.17, 15) is 0 Å². The maximum Gasteiger partial charge on any atom is 0.0685 e. The number of rotatable bonds is 6. The van der Waals surface area contributed by atoms with E-state index in [1.54, 1.807) is 7.11 Å². The summed E-state index contributed by atoms with van der Waals surface area (Å²) >= 11 is 0. The molecule has 2 aliphatic rings. The number of methoxy groups -OCH3 is 1. The first-order chi connectivity index (χ1) is 8.79. The molecule has 2 fully saturated rings. The fraction of sp³-hybridized carbons (Fsp3) is 1.00. The molecule has 1 heterocycles. The molecular weight excluding hydrogens is 228 g/mol. The van der Waals surface area contributed by atoms with Crippen LogP contribution in [0, 0.1) is 5.92 Å². The average Bonchev–Trinajstić information content (AvgIpc) is 2.83. The quantitative estimate of drug-likeness (QED) is 0.433. The van der Waals surface area contributed by atoms with E-state index in [0.29, 0.717) is 12.0 Å². The van der Waals surface area contributed by atoms with Gasteiger partial charge in [0.25, 0.3) is 0 Å². The summed E-state index contributed by atoms with van der Waals surface area (Å²) < 4.78 is 11.2. The molecule has 0 amide bonds. The normalized spacial score (nSPS) is 28.7. The van der Waals surface area contributed by atoms with Crippen molar-refractivity contribution in [3.63, 3.8) is 0 Å². The van der Waals surface area contributed by atoms with Crippen LogP contribution in [0.5, 0.6) is 0 Å². The molecule has 18 heavy (non-hydrogen) atoms. The van der Waals surface area contributed by atoms with Crippen LogP contribution in [0.15, 0.2) is 0 Å². The van der Waals surface area contributed by atoms with Crippen LogP contribution >= 0.6 is 0 Å². The molecule has 1 saturated carbocycles. The molecule has 4 nitrogen and oxygen atoms in total. The number of nitrogens with one attached hydrogen (secondary N) is 1. The molecule has 0 bridgehead atoms. The lowest BCUT2D eigenvalue weighted by molar-refractivity contribution is -0.0984. The maximum atomic E-state index is 6.08. The van der Waals surface area contributed by atoms with Crippen molar-refractivity contribution in [2.24, 2.45) is 11.8 Å². The summed E-state index contributed by atoms with van der Waals surface area (Å²) in [5, 5.41) is 0. The molecule has 1 aliphatic heterocycles. The number of hydrogen-bond donors (Lipinski definition) is 2. The average molecular weight is 256 g/mol. The minimum atomic E-state index is 0.194. The van der Waals surface area contributed by atoms with E-state index in [0.717, 1.165) is 32.5 Å². The molecule has 3 N–H and O–H groups in total. The van der Waals surface area contributed by atoms with E-state index < -0.39 is 0 Å². The zero-order valence-corrected chi connectivity index (χ0v) is 11.6. The zero-order chi connectivity index (χ0) is 12.8. The predicted octanol–water partition coefficient (Wildman–Crippen LogP) is 1.98. The minimum Gasteiger partial charge on any atom is -0.385 e. The number of hydrazine groups is 1. The Bertz CT molecular complexity index is 242. The highest BCUT2D eigenvalue weighted by atomic mass is 16.5. The Balaban J connectivity index is 1.85. The predicted molar refractivity (Wildman–Crippen MR) is 72.1 cm³/mol. The highest BCUT2D eigenvalue weighted by Crippen LogP contribution is 2.43. The standard InChI is InChI=1S/C14H28N2O2/c1-17-9-4-5-13(16-15)12-6-10-18-14(11-12)7-2-3-8-14/h12-13,16H,2-11,15H2,1H3. The molecule has 2 unspecified atom stereocenters. The molecule has 1 spiro atoms.